The average molecular weight is 308 g/mol. The second-order valence-electron chi connectivity index (χ2n) is 7.13. The molecule has 0 unspecified atom stereocenters. The quantitative estimate of drug-likeness (QED) is 0.875. The Labute approximate surface area is 140 Å². The molecule has 0 heterocycles. The highest BCUT2D eigenvalue weighted by atomic mass is 15.1. The molecule has 0 bridgehead atoms. The minimum absolute atomic E-state index is 0.190. The van der Waals surface area contributed by atoms with Gasteiger partial charge in [-0.15, -0.1) is 0 Å². The molecule has 0 aromatic heterocycles. The lowest BCUT2D eigenvalue weighted by molar-refractivity contribution is 0.590. The Hall–Kier alpha value is -2.06. The van der Waals surface area contributed by atoms with Crippen molar-refractivity contribution in [3.63, 3.8) is 0 Å². The third kappa shape index (κ3) is 4.23. The van der Waals surface area contributed by atoms with Crippen LogP contribution in [0.5, 0.6) is 0 Å². The summed E-state index contributed by atoms with van der Waals surface area (Å²) in [6, 6.07) is 17.2. The predicted molar refractivity (Wildman–Crippen MR) is 102 cm³/mol. The average Bonchev–Trinajstić information content (AvgIpc) is 2.53. The Kier molecular flexibility index (Phi) is 5.27. The van der Waals surface area contributed by atoms with E-state index in [1.807, 2.05) is 6.07 Å². The maximum Gasteiger partial charge on any atom is 0.0443 e. The molecule has 0 amide bonds. The van der Waals surface area contributed by atoms with Crippen LogP contribution in [0.4, 0.5) is 5.69 Å². The summed E-state index contributed by atoms with van der Waals surface area (Å²) < 4.78 is 0. The molecule has 2 aromatic rings. The van der Waals surface area contributed by atoms with E-state index in [0.29, 0.717) is 6.54 Å². The van der Waals surface area contributed by atoms with Crippen LogP contribution in [0.1, 0.15) is 37.5 Å². The molecule has 0 saturated carbocycles. The molecular weight excluding hydrogens is 280 g/mol. The summed E-state index contributed by atoms with van der Waals surface area (Å²) in [7, 11) is 2.11. The predicted octanol–water partition coefficient (Wildman–Crippen LogP) is 4.59. The van der Waals surface area contributed by atoms with Gasteiger partial charge in [0.1, 0.15) is 0 Å². The maximum absolute atomic E-state index is 5.76. The summed E-state index contributed by atoms with van der Waals surface area (Å²) in [5, 5.41) is 0. The van der Waals surface area contributed by atoms with E-state index in [2.05, 4.69) is 81.8 Å². The van der Waals surface area contributed by atoms with Gasteiger partial charge in [-0.25, -0.2) is 0 Å². The van der Waals surface area contributed by atoms with E-state index < -0.39 is 0 Å². The second kappa shape index (κ2) is 7.01. The molecule has 0 aliphatic rings. The smallest absolute Gasteiger partial charge is 0.0443 e. The lowest BCUT2D eigenvalue weighted by atomic mass is 9.87. The third-order valence-corrected chi connectivity index (χ3v) is 4.18. The van der Waals surface area contributed by atoms with Crippen LogP contribution in [-0.4, -0.2) is 13.6 Å². The molecule has 0 aliphatic carbocycles. The first kappa shape index (κ1) is 17.3. The number of benzene rings is 2. The number of hydrogen-bond donors (Lipinski definition) is 1. The topological polar surface area (TPSA) is 29.3 Å². The van der Waals surface area contributed by atoms with Gasteiger partial charge in [-0.2, -0.15) is 0 Å². The highest BCUT2D eigenvalue weighted by Crippen LogP contribution is 2.27. The van der Waals surface area contributed by atoms with Crippen molar-refractivity contribution in [1.29, 1.82) is 0 Å². The zero-order valence-electron chi connectivity index (χ0n) is 14.8. The molecule has 0 saturated heterocycles. The molecule has 0 aliphatic heterocycles. The van der Waals surface area contributed by atoms with Crippen molar-refractivity contribution in [1.82, 2.24) is 0 Å². The third-order valence-electron chi connectivity index (χ3n) is 4.18. The number of para-hydroxylation sites is 1. The van der Waals surface area contributed by atoms with Gasteiger partial charge in [-0.3, -0.25) is 0 Å². The first-order valence-corrected chi connectivity index (χ1v) is 8.10. The van der Waals surface area contributed by atoms with Gasteiger partial charge < -0.3 is 10.6 Å². The summed E-state index contributed by atoms with van der Waals surface area (Å²) in [6.07, 6.45) is 0. The molecule has 2 nitrogen and oxygen atoms in total. The van der Waals surface area contributed by atoms with Gasteiger partial charge in [-0.05, 0) is 28.2 Å². The summed E-state index contributed by atoms with van der Waals surface area (Å²) in [4.78, 5) is 2.25. The van der Waals surface area contributed by atoms with E-state index >= 15 is 0 Å². The van der Waals surface area contributed by atoms with Crippen LogP contribution in [0, 0.1) is 0 Å². The molecule has 23 heavy (non-hydrogen) atoms. The van der Waals surface area contributed by atoms with Crippen molar-refractivity contribution >= 4 is 11.3 Å². The molecule has 2 rings (SSSR count). The highest BCUT2D eigenvalue weighted by molar-refractivity contribution is 5.76. The van der Waals surface area contributed by atoms with Gasteiger partial charge in [0.2, 0.25) is 0 Å². The Bertz CT molecular complexity index is 663. The van der Waals surface area contributed by atoms with Crippen LogP contribution in [-0.2, 0) is 12.0 Å². The van der Waals surface area contributed by atoms with Gasteiger partial charge >= 0.3 is 0 Å². The van der Waals surface area contributed by atoms with Gasteiger partial charge in [0.15, 0.2) is 0 Å². The van der Waals surface area contributed by atoms with Crippen LogP contribution >= 0.6 is 0 Å². The van der Waals surface area contributed by atoms with E-state index in [4.69, 9.17) is 5.73 Å². The van der Waals surface area contributed by atoms with E-state index in [9.17, 15) is 0 Å². The van der Waals surface area contributed by atoms with Crippen molar-refractivity contribution in [2.24, 2.45) is 5.73 Å². The molecule has 0 atom stereocenters. The van der Waals surface area contributed by atoms with Crippen molar-refractivity contribution in [3.05, 3.63) is 71.8 Å². The first-order chi connectivity index (χ1) is 10.8. The van der Waals surface area contributed by atoms with Gasteiger partial charge in [0.25, 0.3) is 0 Å². The van der Waals surface area contributed by atoms with Crippen LogP contribution in [0.3, 0.4) is 0 Å². The van der Waals surface area contributed by atoms with Gasteiger partial charge in [0.05, 0.1) is 0 Å². The summed E-state index contributed by atoms with van der Waals surface area (Å²) in [6.45, 7) is 12.1. The van der Waals surface area contributed by atoms with Gasteiger partial charge in [0, 0.05) is 31.4 Å². The minimum atomic E-state index is 0.190. The SMILES string of the molecule is C=C(CN)c1ccccc1N(C)Cc1ccc(C(C)(C)C)cc1. The molecule has 2 N–H and O–H groups in total. The molecular formula is C21H28N2. The molecule has 122 valence electrons. The van der Waals surface area contributed by atoms with E-state index in [1.54, 1.807) is 0 Å². The number of nitrogens with two attached hydrogens (primary N) is 1. The molecule has 0 spiro atoms. The fraction of sp³-hybridized carbons (Fsp3) is 0.333. The fourth-order valence-corrected chi connectivity index (χ4v) is 2.68. The second-order valence-corrected chi connectivity index (χ2v) is 7.13. The minimum Gasteiger partial charge on any atom is -0.370 e. The molecule has 2 heteroatoms. The monoisotopic (exact) mass is 308 g/mol. The van der Waals surface area contributed by atoms with Crippen LogP contribution in [0.25, 0.3) is 5.57 Å². The molecule has 2 aromatic carbocycles. The standard InChI is InChI=1S/C21H28N2/c1-16(14-22)19-8-6-7-9-20(19)23(5)15-17-10-12-18(13-11-17)21(2,3)4/h6-13H,1,14-15,22H2,2-5H3. The van der Waals surface area contributed by atoms with E-state index in [1.165, 1.54) is 16.8 Å². The van der Waals surface area contributed by atoms with E-state index in [-0.39, 0.29) is 5.41 Å². The number of anilines is 1. The number of rotatable bonds is 5. The molecule has 0 radical (unpaired) electrons. The number of hydrogen-bond acceptors (Lipinski definition) is 2. The normalized spacial score (nSPS) is 11.3. The summed E-state index contributed by atoms with van der Waals surface area (Å²) in [5.41, 5.74) is 11.9. The number of nitrogens with zero attached hydrogens (tertiary/aromatic N) is 1. The van der Waals surface area contributed by atoms with Gasteiger partial charge in [-0.1, -0.05) is 69.8 Å². The van der Waals surface area contributed by atoms with Crippen LogP contribution < -0.4 is 10.6 Å². The van der Waals surface area contributed by atoms with Crippen molar-refractivity contribution in [3.8, 4) is 0 Å². The zero-order chi connectivity index (χ0) is 17.0. The maximum atomic E-state index is 5.76. The van der Waals surface area contributed by atoms with Crippen molar-refractivity contribution in [2.75, 3.05) is 18.5 Å². The largest absolute Gasteiger partial charge is 0.370 e. The van der Waals surface area contributed by atoms with Crippen molar-refractivity contribution < 1.29 is 0 Å². The Balaban J connectivity index is 2.20. The fourth-order valence-electron chi connectivity index (χ4n) is 2.68. The highest BCUT2D eigenvalue weighted by Gasteiger charge is 2.14. The zero-order valence-corrected chi connectivity index (χ0v) is 14.8. The lowest BCUT2D eigenvalue weighted by Gasteiger charge is -2.24. The molecule has 0 fully saturated rings. The van der Waals surface area contributed by atoms with E-state index in [0.717, 1.165) is 17.7 Å². The van der Waals surface area contributed by atoms with Crippen LogP contribution in [0.2, 0.25) is 0 Å². The van der Waals surface area contributed by atoms with Crippen molar-refractivity contribution in [2.45, 2.75) is 32.7 Å². The Morgan fingerprint density at radius 1 is 1.04 bits per heavy atom. The lowest BCUT2D eigenvalue weighted by Crippen LogP contribution is -2.19. The van der Waals surface area contributed by atoms with Crippen LogP contribution in [0.15, 0.2) is 55.1 Å². The summed E-state index contributed by atoms with van der Waals surface area (Å²) in [5.74, 6) is 0. The first-order valence-electron chi connectivity index (χ1n) is 8.10. The summed E-state index contributed by atoms with van der Waals surface area (Å²) >= 11 is 0. The Morgan fingerprint density at radius 2 is 1.65 bits per heavy atom. The Morgan fingerprint density at radius 3 is 2.22 bits per heavy atom.